The van der Waals surface area contributed by atoms with Gasteiger partial charge in [0.15, 0.2) is 0 Å². The van der Waals surface area contributed by atoms with Crippen LogP contribution >= 0.6 is 0 Å². The molecule has 1 aromatic heterocycles. The summed E-state index contributed by atoms with van der Waals surface area (Å²) in [5.41, 5.74) is 1.91. The molecule has 6 heteroatoms. The number of hydrogen-bond acceptors (Lipinski definition) is 3. The SMILES string of the molecule is Cc1cnccc1CNC(=O)N[C@@H](C)C(=O)O. The Labute approximate surface area is 99.1 Å². The molecule has 1 aromatic rings. The molecular formula is C11H15N3O3. The summed E-state index contributed by atoms with van der Waals surface area (Å²) in [7, 11) is 0. The second kappa shape index (κ2) is 5.83. The molecule has 1 rings (SSSR count). The zero-order valence-electron chi connectivity index (χ0n) is 9.73. The largest absolute Gasteiger partial charge is 0.480 e. The number of carbonyl (C=O) groups excluding carboxylic acids is 1. The number of nitrogens with one attached hydrogen (secondary N) is 2. The Morgan fingerprint density at radius 3 is 2.82 bits per heavy atom. The van der Waals surface area contributed by atoms with Gasteiger partial charge < -0.3 is 15.7 Å². The van der Waals surface area contributed by atoms with Crippen LogP contribution < -0.4 is 10.6 Å². The first-order valence-corrected chi connectivity index (χ1v) is 5.17. The number of nitrogens with zero attached hydrogens (tertiary/aromatic N) is 1. The summed E-state index contributed by atoms with van der Waals surface area (Å²) < 4.78 is 0. The summed E-state index contributed by atoms with van der Waals surface area (Å²) in [6.07, 6.45) is 3.34. The third-order valence-electron chi connectivity index (χ3n) is 2.29. The molecule has 0 aromatic carbocycles. The van der Waals surface area contributed by atoms with E-state index >= 15 is 0 Å². The van der Waals surface area contributed by atoms with Gasteiger partial charge in [0.1, 0.15) is 6.04 Å². The van der Waals surface area contributed by atoms with Gasteiger partial charge in [-0.2, -0.15) is 0 Å². The molecule has 92 valence electrons. The summed E-state index contributed by atoms with van der Waals surface area (Å²) in [5, 5.41) is 13.5. The molecule has 0 saturated carbocycles. The number of rotatable bonds is 4. The maximum atomic E-state index is 11.3. The maximum Gasteiger partial charge on any atom is 0.325 e. The van der Waals surface area contributed by atoms with Crippen LogP contribution in [-0.4, -0.2) is 28.1 Å². The van der Waals surface area contributed by atoms with Gasteiger partial charge in [-0.25, -0.2) is 4.79 Å². The second-order valence-corrected chi connectivity index (χ2v) is 3.69. The summed E-state index contributed by atoms with van der Waals surface area (Å²) in [5.74, 6) is -1.07. The predicted octanol–water partition coefficient (Wildman–Crippen LogP) is 0.662. The molecule has 2 amide bonds. The molecule has 0 aliphatic heterocycles. The molecule has 1 heterocycles. The van der Waals surface area contributed by atoms with Gasteiger partial charge in [-0.3, -0.25) is 9.78 Å². The molecule has 0 aliphatic rings. The number of carboxylic acids is 1. The van der Waals surface area contributed by atoms with Gasteiger partial charge in [0.25, 0.3) is 0 Å². The van der Waals surface area contributed by atoms with Crippen LogP contribution in [0.5, 0.6) is 0 Å². The van der Waals surface area contributed by atoms with Crippen LogP contribution in [0.4, 0.5) is 4.79 Å². The van der Waals surface area contributed by atoms with E-state index in [1.54, 1.807) is 18.5 Å². The Morgan fingerprint density at radius 2 is 2.24 bits per heavy atom. The van der Waals surface area contributed by atoms with Crippen LogP contribution in [0.3, 0.4) is 0 Å². The van der Waals surface area contributed by atoms with Gasteiger partial charge >= 0.3 is 12.0 Å². The fourth-order valence-electron chi connectivity index (χ4n) is 1.19. The first-order chi connectivity index (χ1) is 8.00. The molecule has 3 N–H and O–H groups in total. The highest BCUT2D eigenvalue weighted by Crippen LogP contribution is 2.03. The monoisotopic (exact) mass is 237 g/mol. The van der Waals surface area contributed by atoms with Crippen molar-refractivity contribution in [1.82, 2.24) is 15.6 Å². The molecule has 17 heavy (non-hydrogen) atoms. The minimum absolute atomic E-state index is 0.340. The molecule has 0 spiro atoms. The first-order valence-electron chi connectivity index (χ1n) is 5.17. The Balaban J connectivity index is 2.44. The van der Waals surface area contributed by atoms with Crippen molar-refractivity contribution in [3.05, 3.63) is 29.6 Å². The van der Waals surface area contributed by atoms with Crippen LogP contribution in [0.1, 0.15) is 18.1 Å². The Kier molecular flexibility index (Phi) is 4.45. The van der Waals surface area contributed by atoms with Crippen LogP contribution in [0, 0.1) is 6.92 Å². The third-order valence-corrected chi connectivity index (χ3v) is 2.29. The van der Waals surface area contributed by atoms with E-state index in [2.05, 4.69) is 15.6 Å². The Bertz CT molecular complexity index is 420. The van der Waals surface area contributed by atoms with E-state index in [1.807, 2.05) is 6.92 Å². The topological polar surface area (TPSA) is 91.3 Å². The number of amides is 2. The van der Waals surface area contributed by atoms with Crippen molar-refractivity contribution in [2.24, 2.45) is 0 Å². The molecule has 1 atom stereocenters. The van der Waals surface area contributed by atoms with Crippen molar-refractivity contribution in [2.45, 2.75) is 26.4 Å². The lowest BCUT2D eigenvalue weighted by atomic mass is 10.1. The van der Waals surface area contributed by atoms with E-state index in [0.717, 1.165) is 11.1 Å². The normalized spacial score (nSPS) is 11.6. The Morgan fingerprint density at radius 1 is 1.53 bits per heavy atom. The van der Waals surface area contributed by atoms with Crippen molar-refractivity contribution in [1.29, 1.82) is 0 Å². The molecule has 6 nitrogen and oxygen atoms in total. The highest BCUT2D eigenvalue weighted by Gasteiger charge is 2.13. The van der Waals surface area contributed by atoms with Crippen LogP contribution in [0.25, 0.3) is 0 Å². The molecule has 0 bridgehead atoms. The number of carboxylic acid groups (broad SMARTS) is 1. The van der Waals surface area contributed by atoms with Gasteiger partial charge in [0, 0.05) is 18.9 Å². The van der Waals surface area contributed by atoms with E-state index < -0.39 is 18.0 Å². The third kappa shape index (κ3) is 4.10. The standard InChI is InChI=1S/C11H15N3O3/c1-7-5-12-4-3-9(7)6-13-11(17)14-8(2)10(15)16/h3-5,8H,6H2,1-2H3,(H,15,16)(H2,13,14,17)/t8-/m0/s1. The first kappa shape index (κ1) is 13.0. The number of hydrogen-bond donors (Lipinski definition) is 3. The fraction of sp³-hybridized carbons (Fsp3) is 0.364. The molecule has 0 saturated heterocycles. The minimum Gasteiger partial charge on any atom is -0.480 e. The van der Waals surface area contributed by atoms with Crippen LogP contribution in [0.15, 0.2) is 18.5 Å². The Hall–Kier alpha value is -2.11. The predicted molar refractivity (Wildman–Crippen MR) is 61.4 cm³/mol. The number of aliphatic carboxylic acids is 1. The maximum absolute atomic E-state index is 11.3. The van der Waals surface area contributed by atoms with Crippen molar-refractivity contribution < 1.29 is 14.7 Å². The van der Waals surface area contributed by atoms with Gasteiger partial charge in [-0.05, 0) is 31.0 Å². The van der Waals surface area contributed by atoms with Gasteiger partial charge in [0.2, 0.25) is 0 Å². The average molecular weight is 237 g/mol. The number of pyridine rings is 1. The zero-order chi connectivity index (χ0) is 12.8. The minimum atomic E-state index is -1.07. The van der Waals surface area contributed by atoms with E-state index in [-0.39, 0.29) is 0 Å². The van der Waals surface area contributed by atoms with Crippen molar-refractivity contribution in [2.75, 3.05) is 0 Å². The van der Waals surface area contributed by atoms with E-state index in [4.69, 9.17) is 5.11 Å². The van der Waals surface area contributed by atoms with Crippen molar-refractivity contribution >= 4 is 12.0 Å². The lowest BCUT2D eigenvalue weighted by Gasteiger charge is -2.11. The summed E-state index contributed by atoms with van der Waals surface area (Å²) in [4.78, 5) is 25.8. The molecule has 0 fully saturated rings. The van der Waals surface area contributed by atoms with Crippen molar-refractivity contribution in [3.63, 3.8) is 0 Å². The molecular weight excluding hydrogens is 222 g/mol. The van der Waals surface area contributed by atoms with Crippen LogP contribution in [0.2, 0.25) is 0 Å². The van der Waals surface area contributed by atoms with Crippen molar-refractivity contribution in [3.8, 4) is 0 Å². The molecule has 0 aliphatic carbocycles. The number of carbonyl (C=O) groups is 2. The van der Waals surface area contributed by atoms with Gasteiger partial charge in [-0.15, -0.1) is 0 Å². The summed E-state index contributed by atoms with van der Waals surface area (Å²) in [6, 6.07) is 0.389. The van der Waals surface area contributed by atoms with E-state index in [0.29, 0.717) is 6.54 Å². The van der Waals surface area contributed by atoms with E-state index in [9.17, 15) is 9.59 Å². The molecule has 0 radical (unpaired) electrons. The highest BCUT2D eigenvalue weighted by molar-refractivity contribution is 5.82. The fourth-order valence-corrected chi connectivity index (χ4v) is 1.19. The van der Waals surface area contributed by atoms with Crippen LogP contribution in [-0.2, 0) is 11.3 Å². The number of aromatic nitrogens is 1. The highest BCUT2D eigenvalue weighted by atomic mass is 16.4. The zero-order valence-corrected chi connectivity index (χ0v) is 9.73. The second-order valence-electron chi connectivity index (χ2n) is 3.69. The number of urea groups is 1. The van der Waals surface area contributed by atoms with Gasteiger partial charge in [-0.1, -0.05) is 0 Å². The number of aryl methyl sites for hydroxylation is 1. The average Bonchev–Trinajstić information content (AvgIpc) is 2.27. The smallest absolute Gasteiger partial charge is 0.325 e. The lowest BCUT2D eigenvalue weighted by Crippen LogP contribution is -2.44. The van der Waals surface area contributed by atoms with E-state index in [1.165, 1.54) is 6.92 Å². The quantitative estimate of drug-likeness (QED) is 0.717. The summed E-state index contributed by atoms with van der Waals surface area (Å²) >= 11 is 0. The lowest BCUT2D eigenvalue weighted by molar-refractivity contribution is -0.138. The van der Waals surface area contributed by atoms with Gasteiger partial charge in [0.05, 0.1) is 0 Å². The molecule has 0 unspecified atom stereocenters. The summed E-state index contributed by atoms with van der Waals surface area (Å²) in [6.45, 7) is 3.63.